The zero-order chi connectivity index (χ0) is 18.8. The fraction of sp³-hybridized carbons (Fsp3) is 0.211. The van der Waals surface area contributed by atoms with Crippen molar-refractivity contribution in [2.45, 2.75) is 25.2 Å². The molecule has 1 aliphatic heterocycles. The van der Waals surface area contributed by atoms with E-state index in [1.54, 1.807) is 17.3 Å². The van der Waals surface area contributed by atoms with Crippen molar-refractivity contribution in [1.82, 2.24) is 20.2 Å². The lowest BCUT2D eigenvalue weighted by Crippen LogP contribution is -2.36. The molecular weight excluding hydrogens is 362 g/mol. The van der Waals surface area contributed by atoms with Crippen molar-refractivity contribution in [2.75, 3.05) is 10.7 Å². The van der Waals surface area contributed by atoms with Gasteiger partial charge in [-0.15, -0.1) is 10.2 Å². The number of fused-ring (bicyclic) bond motifs is 3. The van der Waals surface area contributed by atoms with Crippen molar-refractivity contribution in [3.8, 4) is 17.1 Å². The Morgan fingerprint density at radius 2 is 2.07 bits per heavy atom. The maximum Gasteiger partial charge on any atom is 0.247 e. The summed E-state index contributed by atoms with van der Waals surface area (Å²) in [5.41, 5.74) is 2.72. The standard InChI is InChI=1S/C19H17N5O2S/c1-3-27-19-21-17-16(22-23-19)14-8-4-5-9-15(14)24(12(2)25)18(26-17)13-7-6-10-20-11-13/h4-11,18H,3H2,1-2H3/t18-/m0/s1. The van der Waals surface area contributed by atoms with Crippen LogP contribution in [0.4, 0.5) is 5.69 Å². The van der Waals surface area contributed by atoms with Crippen molar-refractivity contribution in [3.63, 3.8) is 0 Å². The Balaban J connectivity index is 1.95. The molecule has 4 rings (SSSR count). The second-order valence-electron chi connectivity index (χ2n) is 5.84. The zero-order valence-electron chi connectivity index (χ0n) is 14.9. The van der Waals surface area contributed by atoms with E-state index in [4.69, 9.17) is 4.74 Å². The summed E-state index contributed by atoms with van der Waals surface area (Å²) in [5, 5.41) is 9.08. The van der Waals surface area contributed by atoms with Crippen molar-refractivity contribution in [3.05, 3.63) is 54.4 Å². The van der Waals surface area contributed by atoms with Crippen LogP contribution in [0.3, 0.4) is 0 Å². The van der Waals surface area contributed by atoms with Gasteiger partial charge in [0.05, 0.1) is 5.69 Å². The van der Waals surface area contributed by atoms with Crippen LogP contribution in [0.5, 0.6) is 5.88 Å². The molecule has 2 aromatic heterocycles. The Hall–Kier alpha value is -3.00. The van der Waals surface area contributed by atoms with E-state index in [9.17, 15) is 4.79 Å². The molecule has 1 amide bonds. The number of aromatic nitrogens is 4. The molecule has 27 heavy (non-hydrogen) atoms. The summed E-state index contributed by atoms with van der Waals surface area (Å²) in [5.74, 6) is 1.02. The molecule has 0 radical (unpaired) electrons. The first-order valence-corrected chi connectivity index (χ1v) is 9.51. The van der Waals surface area contributed by atoms with Gasteiger partial charge in [-0.2, -0.15) is 4.98 Å². The third-order valence-corrected chi connectivity index (χ3v) is 4.81. The molecule has 0 fully saturated rings. The molecule has 3 heterocycles. The number of amides is 1. The van der Waals surface area contributed by atoms with E-state index >= 15 is 0 Å². The molecule has 8 heteroatoms. The number of ether oxygens (including phenoxy) is 1. The SMILES string of the molecule is CCSc1nnc2c(n1)O[C@@H](c1cccnc1)N(C(C)=O)c1ccccc1-2. The van der Waals surface area contributed by atoms with Crippen LogP contribution < -0.4 is 9.64 Å². The third-order valence-electron chi connectivity index (χ3n) is 4.09. The van der Waals surface area contributed by atoms with Gasteiger partial charge in [-0.1, -0.05) is 43.0 Å². The number of rotatable bonds is 3. The third kappa shape index (κ3) is 3.23. The van der Waals surface area contributed by atoms with E-state index in [-0.39, 0.29) is 5.91 Å². The highest BCUT2D eigenvalue weighted by molar-refractivity contribution is 7.99. The lowest BCUT2D eigenvalue weighted by molar-refractivity contribution is -0.118. The Labute approximate surface area is 160 Å². The first-order valence-electron chi connectivity index (χ1n) is 8.52. The summed E-state index contributed by atoms with van der Waals surface area (Å²) in [6.07, 6.45) is 2.67. The Morgan fingerprint density at radius 1 is 1.22 bits per heavy atom. The van der Waals surface area contributed by atoms with Gasteiger partial charge in [-0.3, -0.25) is 14.7 Å². The number of carbonyl (C=O) groups is 1. The van der Waals surface area contributed by atoms with Gasteiger partial charge in [0, 0.05) is 30.4 Å². The summed E-state index contributed by atoms with van der Waals surface area (Å²) < 4.78 is 6.22. The van der Waals surface area contributed by atoms with Gasteiger partial charge >= 0.3 is 0 Å². The molecule has 0 aliphatic carbocycles. The van der Waals surface area contributed by atoms with Crippen LogP contribution >= 0.6 is 11.8 Å². The number of nitrogens with zero attached hydrogens (tertiary/aromatic N) is 5. The highest BCUT2D eigenvalue weighted by Crippen LogP contribution is 2.43. The number of benzene rings is 1. The van der Waals surface area contributed by atoms with Gasteiger partial charge in [0.25, 0.3) is 0 Å². The summed E-state index contributed by atoms with van der Waals surface area (Å²) in [4.78, 5) is 22.9. The average Bonchev–Trinajstić information content (AvgIpc) is 2.83. The highest BCUT2D eigenvalue weighted by atomic mass is 32.2. The molecule has 7 nitrogen and oxygen atoms in total. The molecule has 3 aromatic rings. The molecular formula is C19H17N5O2S. The number of hydrogen-bond acceptors (Lipinski definition) is 7. The Bertz CT molecular complexity index is 983. The Morgan fingerprint density at radius 3 is 2.81 bits per heavy atom. The van der Waals surface area contributed by atoms with E-state index in [0.29, 0.717) is 22.4 Å². The summed E-state index contributed by atoms with van der Waals surface area (Å²) in [6.45, 7) is 3.53. The number of carbonyl (C=O) groups excluding carboxylic acids is 1. The lowest BCUT2D eigenvalue weighted by Gasteiger charge is -2.29. The number of pyridine rings is 1. The molecule has 136 valence electrons. The van der Waals surface area contributed by atoms with Crippen molar-refractivity contribution in [2.24, 2.45) is 0 Å². The van der Waals surface area contributed by atoms with Crippen LogP contribution in [-0.2, 0) is 4.79 Å². The predicted octanol–water partition coefficient (Wildman–Crippen LogP) is 3.49. The molecule has 0 saturated heterocycles. The molecule has 0 spiro atoms. The molecule has 0 unspecified atom stereocenters. The monoisotopic (exact) mass is 379 g/mol. The summed E-state index contributed by atoms with van der Waals surface area (Å²) in [7, 11) is 0. The summed E-state index contributed by atoms with van der Waals surface area (Å²) >= 11 is 1.48. The van der Waals surface area contributed by atoms with Crippen LogP contribution in [0, 0.1) is 0 Å². The normalized spacial score (nSPS) is 15.3. The van der Waals surface area contributed by atoms with Gasteiger partial charge < -0.3 is 4.74 Å². The van der Waals surface area contributed by atoms with Gasteiger partial charge in [0.15, 0.2) is 5.69 Å². The predicted molar refractivity (Wildman–Crippen MR) is 102 cm³/mol. The fourth-order valence-corrected chi connectivity index (χ4v) is 3.49. The van der Waals surface area contributed by atoms with E-state index in [1.165, 1.54) is 18.7 Å². The van der Waals surface area contributed by atoms with Crippen LogP contribution in [0.2, 0.25) is 0 Å². The minimum absolute atomic E-state index is 0.153. The second-order valence-corrected chi connectivity index (χ2v) is 7.08. The molecule has 0 bridgehead atoms. The molecule has 1 atom stereocenters. The molecule has 0 N–H and O–H groups in total. The van der Waals surface area contributed by atoms with Crippen LogP contribution in [0.1, 0.15) is 25.6 Å². The largest absolute Gasteiger partial charge is 0.447 e. The van der Waals surface area contributed by atoms with Crippen molar-refractivity contribution < 1.29 is 9.53 Å². The van der Waals surface area contributed by atoms with Gasteiger partial charge in [-0.05, 0) is 17.9 Å². The summed E-state index contributed by atoms with van der Waals surface area (Å²) in [6, 6.07) is 11.2. The number of thioether (sulfide) groups is 1. The van der Waals surface area contributed by atoms with Crippen LogP contribution in [0.25, 0.3) is 11.3 Å². The number of anilines is 1. The maximum atomic E-state index is 12.6. The van der Waals surface area contributed by atoms with E-state index in [1.807, 2.05) is 43.3 Å². The van der Waals surface area contributed by atoms with E-state index in [2.05, 4.69) is 20.2 Å². The van der Waals surface area contributed by atoms with Gasteiger partial charge in [0.2, 0.25) is 23.2 Å². The van der Waals surface area contributed by atoms with Crippen molar-refractivity contribution >= 4 is 23.4 Å². The first kappa shape index (κ1) is 17.4. The smallest absolute Gasteiger partial charge is 0.247 e. The van der Waals surface area contributed by atoms with E-state index in [0.717, 1.165) is 16.9 Å². The fourth-order valence-electron chi connectivity index (χ4n) is 2.98. The topological polar surface area (TPSA) is 81.1 Å². The molecule has 1 aromatic carbocycles. The van der Waals surface area contributed by atoms with Crippen LogP contribution in [-0.4, -0.2) is 31.8 Å². The molecule has 0 saturated carbocycles. The lowest BCUT2D eigenvalue weighted by atomic mass is 10.1. The minimum Gasteiger partial charge on any atom is -0.447 e. The zero-order valence-corrected chi connectivity index (χ0v) is 15.7. The maximum absolute atomic E-state index is 12.6. The molecule has 1 aliphatic rings. The van der Waals surface area contributed by atoms with Crippen LogP contribution in [0.15, 0.2) is 53.9 Å². The quantitative estimate of drug-likeness (QED) is 0.644. The van der Waals surface area contributed by atoms with E-state index < -0.39 is 6.23 Å². The first-order chi connectivity index (χ1) is 13.2. The Kier molecular flexibility index (Phi) is 4.72. The van der Waals surface area contributed by atoms with Gasteiger partial charge in [-0.25, -0.2) is 0 Å². The minimum atomic E-state index is -0.699. The number of hydrogen-bond donors (Lipinski definition) is 0. The highest BCUT2D eigenvalue weighted by Gasteiger charge is 2.34. The van der Waals surface area contributed by atoms with Gasteiger partial charge in [0.1, 0.15) is 0 Å². The second kappa shape index (κ2) is 7.32. The average molecular weight is 379 g/mol. The van der Waals surface area contributed by atoms with Crippen molar-refractivity contribution in [1.29, 1.82) is 0 Å². The number of para-hydroxylation sites is 1.